The molecule has 2 aromatic rings. The minimum atomic E-state index is -0.469. The predicted octanol–water partition coefficient (Wildman–Crippen LogP) is 1.77. The molecular formula is C17H19N3O3. The number of H-pyrrole nitrogens is 1. The van der Waals surface area contributed by atoms with Gasteiger partial charge in [0.15, 0.2) is 0 Å². The van der Waals surface area contributed by atoms with E-state index in [0.29, 0.717) is 30.7 Å². The van der Waals surface area contributed by atoms with Gasteiger partial charge < -0.3 is 14.3 Å². The number of aromatic amines is 1. The molecule has 2 heterocycles. The van der Waals surface area contributed by atoms with Crippen molar-refractivity contribution in [3.8, 4) is 6.07 Å². The van der Waals surface area contributed by atoms with Crippen molar-refractivity contribution in [2.75, 3.05) is 13.2 Å². The van der Waals surface area contributed by atoms with Crippen molar-refractivity contribution in [1.82, 2.24) is 9.55 Å². The molecule has 0 aromatic carbocycles. The molecule has 1 aliphatic carbocycles. The molecule has 0 atom stereocenters. The Morgan fingerprint density at radius 2 is 2.22 bits per heavy atom. The van der Waals surface area contributed by atoms with Gasteiger partial charge in [0.05, 0.1) is 17.5 Å². The molecule has 2 aromatic heterocycles. The smallest absolute Gasteiger partial charge is 0.266 e. The number of rotatable bonds is 5. The first-order chi connectivity index (χ1) is 11.1. The van der Waals surface area contributed by atoms with E-state index in [1.807, 2.05) is 13.0 Å². The van der Waals surface area contributed by atoms with Crippen LogP contribution >= 0.6 is 0 Å². The standard InChI is InChI=1S/C17H19N3O3/c1-2-23-11-17(5-3-6-17)10-20-7-4-14-13(16(20)22)8-12(9-18)15(21)19-14/h4,7-8H,2-3,5-6,10-11H2,1H3,(H,19,21). The molecule has 1 fully saturated rings. The van der Waals surface area contributed by atoms with E-state index in [1.54, 1.807) is 16.8 Å². The molecule has 0 amide bonds. The molecule has 6 heteroatoms. The number of fused-ring (bicyclic) bond motifs is 1. The molecule has 0 radical (unpaired) electrons. The van der Waals surface area contributed by atoms with Gasteiger partial charge >= 0.3 is 0 Å². The maximum Gasteiger partial charge on any atom is 0.266 e. The number of nitrogens with zero attached hydrogens (tertiary/aromatic N) is 2. The van der Waals surface area contributed by atoms with Crippen LogP contribution in [-0.2, 0) is 11.3 Å². The van der Waals surface area contributed by atoms with Crippen LogP contribution in [0, 0.1) is 16.7 Å². The summed E-state index contributed by atoms with van der Waals surface area (Å²) >= 11 is 0. The Morgan fingerprint density at radius 3 is 2.83 bits per heavy atom. The van der Waals surface area contributed by atoms with Crippen LogP contribution in [0.15, 0.2) is 27.9 Å². The van der Waals surface area contributed by atoms with Gasteiger partial charge in [-0.1, -0.05) is 6.42 Å². The summed E-state index contributed by atoms with van der Waals surface area (Å²) < 4.78 is 7.25. The number of nitrogens with one attached hydrogen (secondary N) is 1. The minimum absolute atomic E-state index is 0.0216. The van der Waals surface area contributed by atoms with E-state index in [0.717, 1.165) is 19.3 Å². The summed E-state index contributed by atoms with van der Waals surface area (Å²) in [6.07, 6.45) is 4.96. The van der Waals surface area contributed by atoms with Crippen LogP contribution in [-0.4, -0.2) is 22.8 Å². The largest absolute Gasteiger partial charge is 0.381 e. The fourth-order valence-electron chi connectivity index (χ4n) is 3.15. The maximum atomic E-state index is 12.7. The van der Waals surface area contributed by atoms with Crippen LogP contribution in [0.2, 0.25) is 0 Å². The van der Waals surface area contributed by atoms with Crippen molar-refractivity contribution in [2.24, 2.45) is 5.41 Å². The zero-order valence-corrected chi connectivity index (χ0v) is 13.1. The van der Waals surface area contributed by atoms with Crippen molar-refractivity contribution in [3.05, 3.63) is 44.6 Å². The number of ether oxygens (including phenoxy) is 1. The fraction of sp³-hybridized carbons (Fsp3) is 0.471. The van der Waals surface area contributed by atoms with Crippen LogP contribution < -0.4 is 11.1 Å². The highest BCUT2D eigenvalue weighted by atomic mass is 16.5. The zero-order chi connectivity index (χ0) is 16.4. The SMILES string of the molecule is CCOCC1(Cn2ccc3[nH]c(=O)c(C#N)cc3c2=O)CCC1. The zero-order valence-electron chi connectivity index (χ0n) is 13.1. The van der Waals surface area contributed by atoms with E-state index >= 15 is 0 Å². The van der Waals surface area contributed by atoms with Crippen LogP contribution in [0.3, 0.4) is 0 Å². The third-order valence-corrected chi connectivity index (χ3v) is 4.64. The molecule has 1 N–H and O–H groups in total. The molecule has 0 bridgehead atoms. The van der Waals surface area contributed by atoms with Gasteiger partial charge in [0.25, 0.3) is 11.1 Å². The lowest BCUT2D eigenvalue weighted by Crippen LogP contribution is -2.41. The highest BCUT2D eigenvalue weighted by molar-refractivity contribution is 5.78. The molecule has 0 spiro atoms. The molecule has 23 heavy (non-hydrogen) atoms. The van der Waals surface area contributed by atoms with Gasteiger partial charge in [0.2, 0.25) is 0 Å². The lowest BCUT2D eigenvalue weighted by Gasteiger charge is -2.41. The molecule has 6 nitrogen and oxygen atoms in total. The van der Waals surface area contributed by atoms with Crippen LogP contribution in [0.1, 0.15) is 31.7 Å². The molecule has 1 aliphatic rings. The Balaban J connectivity index is 2.01. The van der Waals surface area contributed by atoms with E-state index in [2.05, 4.69) is 4.98 Å². The molecule has 0 saturated heterocycles. The Kier molecular flexibility index (Phi) is 4.05. The molecule has 0 aliphatic heterocycles. The number of nitriles is 1. The number of aromatic nitrogens is 2. The lowest BCUT2D eigenvalue weighted by atomic mass is 9.69. The summed E-state index contributed by atoms with van der Waals surface area (Å²) in [6, 6.07) is 4.91. The van der Waals surface area contributed by atoms with Gasteiger partial charge in [-0.15, -0.1) is 0 Å². The average Bonchev–Trinajstić information content (AvgIpc) is 2.51. The highest BCUT2D eigenvalue weighted by Crippen LogP contribution is 2.42. The van der Waals surface area contributed by atoms with E-state index in [-0.39, 0.29) is 16.5 Å². The first kappa shape index (κ1) is 15.5. The third-order valence-electron chi connectivity index (χ3n) is 4.64. The molecule has 0 unspecified atom stereocenters. The Morgan fingerprint density at radius 1 is 1.43 bits per heavy atom. The van der Waals surface area contributed by atoms with Gasteiger partial charge in [0, 0.05) is 24.8 Å². The first-order valence-electron chi connectivity index (χ1n) is 7.83. The summed E-state index contributed by atoms with van der Waals surface area (Å²) in [7, 11) is 0. The quantitative estimate of drug-likeness (QED) is 0.911. The van der Waals surface area contributed by atoms with Crippen molar-refractivity contribution < 1.29 is 4.74 Å². The summed E-state index contributed by atoms with van der Waals surface area (Å²) in [5.41, 5.74) is -0.210. The summed E-state index contributed by atoms with van der Waals surface area (Å²) in [6.45, 7) is 3.89. The second kappa shape index (κ2) is 6.01. The van der Waals surface area contributed by atoms with Crippen LogP contribution in [0.4, 0.5) is 0 Å². The average molecular weight is 313 g/mol. The number of hydrogen-bond donors (Lipinski definition) is 1. The number of hydrogen-bond acceptors (Lipinski definition) is 4. The van der Waals surface area contributed by atoms with Crippen molar-refractivity contribution in [1.29, 1.82) is 5.26 Å². The van der Waals surface area contributed by atoms with Crippen molar-refractivity contribution in [3.63, 3.8) is 0 Å². The maximum absolute atomic E-state index is 12.7. The van der Waals surface area contributed by atoms with Gasteiger partial charge in [0.1, 0.15) is 11.6 Å². The molecule has 120 valence electrons. The predicted molar refractivity (Wildman–Crippen MR) is 86.3 cm³/mol. The van der Waals surface area contributed by atoms with E-state index < -0.39 is 5.56 Å². The van der Waals surface area contributed by atoms with Gasteiger partial charge in [-0.2, -0.15) is 5.26 Å². The summed E-state index contributed by atoms with van der Waals surface area (Å²) in [5, 5.41) is 9.34. The second-order valence-electron chi connectivity index (χ2n) is 6.19. The minimum Gasteiger partial charge on any atom is -0.381 e. The number of pyridine rings is 2. The topological polar surface area (TPSA) is 87.9 Å². The monoisotopic (exact) mass is 313 g/mol. The normalized spacial score (nSPS) is 16.0. The molecular weight excluding hydrogens is 294 g/mol. The lowest BCUT2D eigenvalue weighted by molar-refractivity contribution is -0.0142. The molecule has 3 rings (SSSR count). The summed E-state index contributed by atoms with van der Waals surface area (Å²) in [5.74, 6) is 0. The Hall–Kier alpha value is -2.39. The Labute approximate surface area is 133 Å². The van der Waals surface area contributed by atoms with E-state index in [4.69, 9.17) is 10.00 Å². The third kappa shape index (κ3) is 2.80. The van der Waals surface area contributed by atoms with Crippen LogP contribution in [0.5, 0.6) is 0 Å². The van der Waals surface area contributed by atoms with Crippen molar-refractivity contribution >= 4 is 10.9 Å². The van der Waals surface area contributed by atoms with Gasteiger partial charge in [-0.3, -0.25) is 9.59 Å². The van der Waals surface area contributed by atoms with E-state index in [1.165, 1.54) is 6.07 Å². The Bertz CT molecular complexity index is 885. The molecule has 1 saturated carbocycles. The fourth-order valence-corrected chi connectivity index (χ4v) is 3.15. The van der Waals surface area contributed by atoms with Crippen LogP contribution in [0.25, 0.3) is 10.9 Å². The highest BCUT2D eigenvalue weighted by Gasteiger charge is 2.37. The van der Waals surface area contributed by atoms with E-state index in [9.17, 15) is 9.59 Å². The van der Waals surface area contributed by atoms with Crippen molar-refractivity contribution in [2.45, 2.75) is 32.7 Å². The van der Waals surface area contributed by atoms with Gasteiger partial charge in [-0.25, -0.2) is 0 Å². The first-order valence-corrected chi connectivity index (χ1v) is 7.83. The van der Waals surface area contributed by atoms with Gasteiger partial charge in [-0.05, 0) is 31.9 Å². The summed E-state index contributed by atoms with van der Waals surface area (Å²) in [4.78, 5) is 26.9. The second-order valence-corrected chi connectivity index (χ2v) is 6.19.